The molecule has 0 saturated heterocycles. The van der Waals surface area contributed by atoms with Crippen LogP contribution < -0.4 is 0 Å². The van der Waals surface area contributed by atoms with Crippen LogP contribution in [0.3, 0.4) is 0 Å². The van der Waals surface area contributed by atoms with Crippen LogP contribution >= 0.6 is 0 Å². The second kappa shape index (κ2) is 5.78. The normalized spacial score (nSPS) is 31.5. The van der Waals surface area contributed by atoms with Gasteiger partial charge in [-0.2, -0.15) is 0 Å². The van der Waals surface area contributed by atoms with Crippen molar-refractivity contribution >= 4 is 0 Å². The van der Waals surface area contributed by atoms with Crippen LogP contribution in [0.5, 0.6) is 0 Å². The minimum absolute atomic E-state index is 0.875. The highest BCUT2D eigenvalue weighted by Crippen LogP contribution is 2.36. The molecule has 0 nitrogen and oxygen atoms in total. The molecule has 84 valence electrons. The summed E-state index contributed by atoms with van der Waals surface area (Å²) in [6.07, 6.45) is 8.84. The van der Waals surface area contributed by atoms with E-state index >= 15 is 0 Å². The van der Waals surface area contributed by atoms with Crippen molar-refractivity contribution in [2.24, 2.45) is 23.7 Å². The van der Waals surface area contributed by atoms with E-state index in [1.165, 1.54) is 38.5 Å². The van der Waals surface area contributed by atoms with Crippen LogP contribution in [0.1, 0.15) is 66.2 Å². The minimum Gasteiger partial charge on any atom is -0.0628 e. The molecule has 1 fully saturated rings. The molecule has 0 spiro atoms. The molecule has 0 aliphatic heterocycles. The summed E-state index contributed by atoms with van der Waals surface area (Å²) in [4.78, 5) is 0. The molecule has 0 bridgehead atoms. The van der Waals surface area contributed by atoms with Crippen molar-refractivity contribution in [2.75, 3.05) is 0 Å². The van der Waals surface area contributed by atoms with Gasteiger partial charge in [0.25, 0.3) is 0 Å². The van der Waals surface area contributed by atoms with Crippen molar-refractivity contribution in [3.05, 3.63) is 0 Å². The molecule has 0 heteroatoms. The molecule has 1 aliphatic rings. The first-order valence-corrected chi connectivity index (χ1v) is 6.61. The monoisotopic (exact) mass is 196 g/mol. The molecule has 14 heavy (non-hydrogen) atoms. The highest BCUT2D eigenvalue weighted by molar-refractivity contribution is 4.76. The maximum Gasteiger partial charge on any atom is -0.0363 e. The summed E-state index contributed by atoms with van der Waals surface area (Å²) in [6, 6.07) is 0. The number of hydrogen-bond acceptors (Lipinski definition) is 0. The summed E-state index contributed by atoms with van der Waals surface area (Å²) in [5.74, 6) is 3.81. The van der Waals surface area contributed by atoms with Crippen LogP contribution in [0, 0.1) is 23.7 Å². The van der Waals surface area contributed by atoms with E-state index in [0.717, 1.165) is 23.7 Å². The van der Waals surface area contributed by atoms with Crippen molar-refractivity contribution in [1.29, 1.82) is 0 Å². The first-order chi connectivity index (χ1) is 6.61. The van der Waals surface area contributed by atoms with Crippen LogP contribution in [-0.4, -0.2) is 0 Å². The van der Waals surface area contributed by atoms with E-state index in [-0.39, 0.29) is 0 Å². The van der Waals surface area contributed by atoms with Crippen molar-refractivity contribution in [1.82, 2.24) is 0 Å². The zero-order valence-electron chi connectivity index (χ0n) is 10.6. The van der Waals surface area contributed by atoms with E-state index in [1.807, 2.05) is 0 Å². The quantitative estimate of drug-likeness (QED) is 0.564. The predicted molar refractivity (Wildman–Crippen MR) is 64.4 cm³/mol. The predicted octanol–water partition coefficient (Wildman–Crippen LogP) is 4.89. The highest BCUT2D eigenvalue weighted by Gasteiger charge is 2.25. The molecule has 1 aliphatic carbocycles. The molecule has 3 atom stereocenters. The average molecular weight is 196 g/mol. The van der Waals surface area contributed by atoms with Gasteiger partial charge in [0, 0.05) is 0 Å². The van der Waals surface area contributed by atoms with Crippen LogP contribution in [-0.2, 0) is 0 Å². The standard InChI is InChI=1S/C14H28/c1-11(2)10-13(4)14-9-7-5-6-8-12(14)3/h11-14H,5-10H2,1-4H3. The molecule has 0 aromatic rings. The SMILES string of the molecule is CC(C)CC(C)C1CCCCCC1C. The first-order valence-electron chi connectivity index (χ1n) is 6.61. The van der Waals surface area contributed by atoms with Crippen LogP contribution in [0.15, 0.2) is 0 Å². The Morgan fingerprint density at radius 3 is 2.29 bits per heavy atom. The fraction of sp³-hybridized carbons (Fsp3) is 1.00. The molecule has 0 aromatic heterocycles. The van der Waals surface area contributed by atoms with Gasteiger partial charge in [-0.1, -0.05) is 53.4 Å². The molecule has 0 aromatic carbocycles. The lowest BCUT2D eigenvalue weighted by Gasteiger charge is -2.29. The molecule has 3 unspecified atom stereocenters. The zero-order valence-corrected chi connectivity index (χ0v) is 10.6. The summed E-state index contributed by atoms with van der Waals surface area (Å²) >= 11 is 0. The maximum atomic E-state index is 2.48. The lowest BCUT2D eigenvalue weighted by atomic mass is 9.77. The van der Waals surface area contributed by atoms with Crippen molar-refractivity contribution < 1.29 is 0 Å². The van der Waals surface area contributed by atoms with E-state index in [2.05, 4.69) is 27.7 Å². The third kappa shape index (κ3) is 3.63. The third-order valence-corrected chi connectivity index (χ3v) is 4.00. The van der Waals surface area contributed by atoms with Gasteiger partial charge in [0.1, 0.15) is 0 Å². The van der Waals surface area contributed by atoms with Gasteiger partial charge in [-0.05, 0) is 36.5 Å². The van der Waals surface area contributed by atoms with Crippen molar-refractivity contribution in [3.63, 3.8) is 0 Å². The molecule has 0 N–H and O–H groups in total. The largest absolute Gasteiger partial charge is 0.0628 e. The Morgan fingerprint density at radius 2 is 1.64 bits per heavy atom. The van der Waals surface area contributed by atoms with E-state index in [4.69, 9.17) is 0 Å². The third-order valence-electron chi connectivity index (χ3n) is 4.00. The Bertz CT molecular complexity index is 148. The highest BCUT2D eigenvalue weighted by atomic mass is 14.3. The molecule has 0 amide bonds. The van der Waals surface area contributed by atoms with E-state index in [1.54, 1.807) is 0 Å². The molecule has 0 heterocycles. The Balaban J connectivity index is 2.45. The van der Waals surface area contributed by atoms with Gasteiger partial charge < -0.3 is 0 Å². The Kier molecular flexibility index (Phi) is 4.98. The first kappa shape index (κ1) is 12.1. The van der Waals surface area contributed by atoms with Crippen LogP contribution in [0.25, 0.3) is 0 Å². The van der Waals surface area contributed by atoms with Gasteiger partial charge in [-0.15, -0.1) is 0 Å². The van der Waals surface area contributed by atoms with Crippen molar-refractivity contribution in [3.8, 4) is 0 Å². The molecular formula is C14H28. The molecular weight excluding hydrogens is 168 g/mol. The number of hydrogen-bond donors (Lipinski definition) is 0. The summed E-state index contributed by atoms with van der Waals surface area (Å²) in [5, 5.41) is 0. The summed E-state index contributed by atoms with van der Waals surface area (Å²) in [6.45, 7) is 9.68. The van der Waals surface area contributed by atoms with Gasteiger partial charge in [0.05, 0.1) is 0 Å². The molecule has 1 saturated carbocycles. The van der Waals surface area contributed by atoms with Gasteiger partial charge in [-0.25, -0.2) is 0 Å². The van der Waals surface area contributed by atoms with Crippen molar-refractivity contribution in [2.45, 2.75) is 66.2 Å². The van der Waals surface area contributed by atoms with Gasteiger partial charge in [0.15, 0.2) is 0 Å². The van der Waals surface area contributed by atoms with Gasteiger partial charge in [0.2, 0.25) is 0 Å². The maximum absolute atomic E-state index is 2.48. The van der Waals surface area contributed by atoms with Crippen LogP contribution in [0.4, 0.5) is 0 Å². The smallest absolute Gasteiger partial charge is 0.0363 e. The minimum atomic E-state index is 0.875. The van der Waals surface area contributed by atoms with Gasteiger partial charge in [-0.3, -0.25) is 0 Å². The van der Waals surface area contributed by atoms with E-state index < -0.39 is 0 Å². The zero-order chi connectivity index (χ0) is 10.6. The topological polar surface area (TPSA) is 0 Å². The Morgan fingerprint density at radius 1 is 1.00 bits per heavy atom. The second-order valence-electron chi connectivity index (χ2n) is 5.89. The fourth-order valence-corrected chi connectivity index (χ4v) is 3.29. The number of rotatable bonds is 3. The lowest BCUT2D eigenvalue weighted by Crippen LogP contribution is -2.20. The van der Waals surface area contributed by atoms with E-state index in [0.29, 0.717) is 0 Å². The fourth-order valence-electron chi connectivity index (χ4n) is 3.29. The van der Waals surface area contributed by atoms with Crippen LogP contribution in [0.2, 0.25) is 0 Å². The summed E-state index contributed by atoms with van der Waals surface area (Å²) in [7, 11) is 0. The van der Waals surface area contributed by atoms with Gasteiger partial charge >= 0.3 is 0 Å². The average Bonchev–Trinajstić information content (AvgIpc) is 2.28. The molecule has 0 radical (unpaired) electrons. The second-order valence-corrected chi connectivity index (χ2v) is 5.89. The Labute approximate surface area is 90.5 Å². The summed E-state index contributed by atoms with van der Waals surface area (Å²) in [5.41, 5.74) is 0. The lowest BCUT2D eigenvalue weighted by molar-refractivity contribution is 0.213. The summed E-state index contributed by atoms with van der Waals surface area (Å²) < 4.78 is 0. The Hall–Kier alpha value is 0. The molecule has 1 rings (SSSR count). The van der Waals surface area contributed by atoms with E-state index in [9.17, 15) is 0 Å².